The SMILES string of the molecule is CC(C)(C)C(O)(COc1ccc(Cl)cc1)Cn1cncn1. The molecule has 1 atom stereocenters. The maximum Gasteiger partial charge on any atom is 0.137 e. The van der Waals surface area contributed by atoms with Gasteiger partial charge in [-0.15, -0.1) is 0 Å². The van der Waals surface area contributed by atoms with Crippen molar-refractivity contribution in [3.63, 3.8) is 0 Å². The van der Waals surface area contributed by atoms with E-state index in [9.17, 15) is 5.11 Å². The van der Waals surface area contributed by atoms with E-state index in [-0.39, 0.29) is 12.0 Å². The van der Waals surface area contributed by atoms with Gasteiger partial charge in [0.2, 0.25) is 0 Å². The predicted octanol–water partition coefficient (Wildman–Crippen LogP) is 2.79. The van der Waals surface area contributed by atoms with Crippen molar-refractivity contribution in [2.75, 3.05) is 6.61 Å². The molecule has 0 aliphatic heterocycles. The summed E-state index contributed by atoms with van der Waals surface area (Å²) in [5, 5.41) is 15.7. The standard InChI is InChI=1S/C15H20ClN3O2/c1-14(2,3)15(20,8-19-11-17-10-18-19)9-21-13-6-4-12(16)5-7-13/h4-7,10-11,20H,8-9H2,1-3H3. The van der Waals surface area contributed by atoms with Crippen LogP contribution in [0.25, 0.3) is 0 Å². The van der Waals surface area contributed by atoms with Crippen molar-refractivity contribution >= 4 is 11.6 Å². The number of ether oxygens (including phenoxy) is 1. The Labute approximate surface area is 129 Å². The van der Waals surface area contributed by atoms with Gasteiger partial charge < -0.3 is 9.84 Å². The molecule has 21 heavy (non-hydrogen) atoms. The second-order valence-corrected chi connectivity index (χ2v) is 6.55. The first-order valence-electron chi connectivity index (χ1n) is 6.73. The lowest BCUT2D eigenvalue weighted by molar-refractivity contribution is -0.101. The molecule has 0 aliphatic rings. The van der Waals surface area contributed by atoms with Gasteiger partial charge in [0.15, 0.2) is 0 Å². The molecule has 2 rings (SSSR count). The largest absolute Gasteiger partial charge is 0.490 e. The van der Waals surface area contributed by atoms with E-state index in [1.165, 1.54) is 6.33 Å². The van der Waals surface area contributed by atoms with Gasteiger partial charge in [-0.25, -0.2) is 9.67 Å². The van der Waals surface area contributed by atoms with E-state index in [0.29, 0.717) is 17.3 Å². The third-order valence-corrected chi connectivity index (χ3v) is 3.83. The summed E-state index contributed by atoms with van der Waals surface area (Å²) in [6.07, 6.45) is 3.03. The van der Waals surface area contributed by atoms with Crippen LogP contribution in [0, 0.1) is 5.41 Å². The minimum absolute atomic E-state index is 0.151. The van der Waals surface area contributed by atoms with E-state index in [1.807, 2.05) is 20.8 Å². The monoisotopic (exact) mass is 309 g/mol. The van der Waals surface area contributed by atoms with Crippen molar-refractivity contribution < 1.29 is 9.84 Å². The molecule has 1 unspecified atom stereocenters. The van der Waals surface area contributed by atoms with Crippen LogP contribution < -0.4 is 4.74 Å². The van der Waals surface area contributed by atoms with Gasteiger partial charge in [-0.2, -0.15) is 5.10 Å². The van der Waals surface area contributed by atoms with Crippen LogP contribution in [0.5, 0.6) is 5.75 Å². The summed E-state index contributed by atoms with van der Waals surface area (Å²) in [5.74, 6) is 0.667. The highest BCUT2D eigenvalue weighted by Crippen LogP contribution is 2.32. The number of aromatic nitrogens is 3. The fraction of sp³-hybridized carbons (Fsp3) is 0.467. The summed E-state index contributed by atoms with van der Waals surface area (Å²) in [6, 6.07) is 7.07. The van der Waals surface area contributed by atoms with Gasteiger partial charge in [-0.3, -0.25) is 0 Å². The summed E-state index contributed by atoms with van der Waals surface area (Å²) in [4.78, 5) is 3.90. The molecule has 0 saturated heterocycles. The first-order valence-corrected chi connectivity index (χ1v) is 7.11. The summed E-state index contributed by atoms with van der Waals surface area (Å²) in [6.45, 7) is 6.36. The van der Waals surface area contributed by atoms with Gasteiger partial charge in [0.25, 0.3) is 0 Å². The highest BCUT2D eigenvalue weighted by Gasteiger charge is 2.41. The second kappa shape index (κ2) is 6.03. The van der Waals surface area contributed by atoms with E-state index in [1.54, 1.807) is 35.3 Å². The van der Waals surface area contributed by atoms with E-state index in [4.69, 9.17) is 16.3 Å². The number of benzene rings is 1. The lowest BCUT2D eigenvalue weighted by Gasteiger charge is -2.39. The molecule has 0 bridgehead atoms. The molecule has 0 amide bonds. The third kappa shape index (κ3) is 3.95. The van der Waals surface area contributed by atoms with Gasteiger partial charge in [0, 0.05) is 5.02 Å². The van der Waals surface area contributed by atoms with Crippen LogP contribution in [-0.4, -0.2) is 32.1 Å². The number of halogens is 1. The zero-order chi connectivity index (χ0) is 15.5. The molecule has 0 saturated carbocycles. The fourth-order valence-electron chi connectivity index (χ4n) is 1.82. The van der Waals surface area contributed by atoms with E-state index in [0.717, 1.165) is 0 Å². The van der Waals surface area contributed by atoms with Crippen molar-refractivity contribution in [3.8, 4) is 5.75 Å². The number of hydrogen-bond donors (Lipinski definition) is 1. The van der Waals surface area contributed by atoms with Crippen molar-refractivity contribution in [3.05, 3.63) is 41.9 Å². The topological polar surface area (TPSA) is 60.2 Å². The van der Waals surface area contributed by atoms with Crippen LogP contribution in [-0.2, 0) is 6.54 Å². The van der Waals surface area contributed by atoms with Crippen molar-refractivity contribution in [1.29, 1.82) is 0 Å². The van der Waals surface area contributed by atoms with Crippen LogP contribution in [0.1, 0.15) is 20.8 Å². The van der Waals surface area contributed by atoms with Crippen molar-refractivity contribution in [1.82, 2.24) is 14.8 Å². The zero-order valence-corrected chi connectivity index (χ0v) is 13.2. The lowest BCUT2D eigenvalue weighted by Crippen LogP contribution is -2.51. The van der Waals surface area contributed by atoms with Gasteiger partial charge in [0.05, 0.1) is 6.54 Å². The van der Waals surface area contributed by atoms with E-state index < -0.39 is 5.60 Å². The van der Waals surface area contributed by atoms with Crippen LogP contribution in [0.15, 0.2) is 36.9 Å². The summed E-state index contributed by atoms with van der Waals surface area (Å²) in [7, 11) is 0. The molecule has 1 aromatic heterocycles. The molecule has 6 heteroatoms. The van der Waals surface area contributed by atoms with Crippen LogP contribution in [0.4, 0.5) is 0 Å². The van der Waals surface area contributed by atoms with E-state index in [2.05, 4.69) is 10.1 Å². The van der Waals surface area contributed by atoms with Crippen LogP contribution in [0.2, 0.25) is 5.02 Å². The molecule has 1 N–H and O–H groups in total. The molecule has 0 spiro atoms. The lowest BCUT2D eigenvalue weighted by atomic mass is 9.77. The summed E-state index contributed by atoms with van der Waals surface area (Å²) < 4.78 is 7.34. The molecule has 0 aliphatic carbocycles. The maximum absolute atomic E-state index is 11.0. The number of aliphatic hydroxyl groups is 1. The minimum atomic E-state index is -1.08. The first-order chi connectivity index (χ1) is 9.80. The second-order valence-electron chi connectivity index (χ2n) is 6.12. The van der Waals surface area contributed by atoms with Crippen LogP contribution in [0.3, 0.4) is 0 Å². The Kier molecular flexibility index (Phi) is 4.54. The molecule has 1 aromatic carbocycles. The highest BCUT2D eigenvalue weighted by molar-refractivity contribution is 6.30. The van der Waals surface area contributed by atoms with Crippen LogP contribution >= 0.6 is 11.6 Å². The Morgan fingerprint density at radius 2 is 1.90 bits per heavy atom. The molecule has 2 aromatic rings. The molecule has 0 radical (unpaired) electrons. The van der Waals surface area contributed by atoms with Crippen molar-refractivity contribution in [2.45, 2.75) is 32.9 Å². The third-order valence-electron chi connectivity index (χ3n) is 3.58. The zero-order valence-electron chi connectivity index (χ0n) is 12.5. The number of hydrogen-bond acceptors (Lipinski definition) is 4. The van der Waals surface area contributed by atoms with Gasteiger partial charge in [-0.05, 0) is 29.7 Å². The molecule has 5 nitrogen and oxygen atoms in total. The molecule has 0 fully saturated rings. The smallest absolute Gasteiger partial charge is 0.137 e. The average molecular weight is 310 g/mol. The number of nitrogens with zero attached hydrogens (tertiary/aromatic N) is 3. The summed E-state index contributed by atoms with van der Waals surface area (Å²) in [5.41, 5.74) is -1.47. The number of rotatable bonds is 5. The Hall–Kier alpha value is -1.59. The Balaban J connectivity index is 2.11. The summed E-state index contributed by atoms with van der Waals surface area (Å²) >= 11 is 5.85. The average Bonchev–Trinajstić information content (AvgIpc) is 2.89. The van der Waals surface area contributed by atoms with E-state index >= 15 is 0 Å². The highest BCUT2D eigenvalue weighted by atomic mass is 35.5. The maximum atomic E-state index is 11.0. The van der Waals surface area contributed by atoms with Crippen molar-refractivity contribution in [2.24, 2.45) is 5.41 Å². The van der Waals surface area contributed by atoms with Gasteiger partial charge in [-0.1, -0.05) is 32.4 Å². The predicted molar refractivity (Wildman–Crippen MR) is 81.4 cm³/mol. The Morgan fingerprint density at radius 1 is 1.24 bits per heavy atom. The molecule has 1 heterocycles. The quantitative estimate of drug-likeness (QED) is 0.922. The molecular weight excluding hydrogens is 290 g/mol. The Morgan fingerprint density at radius 3 is 2.43 bits per heavy atom. The van der Waals surface area contributed by atoms with Gasteiger partial charge >= 0.3 is 0 Å². The normalized spacial score (nSPS) is 14.7. The Bertz CT molecular complexity index is 564. The first kappa shape index (κ1) is 15.8. The van der Waals surface area contributed by atoms with Gasteiger partial charge in [0.1, 0.15) is 30.6 Å². The molecule has 114 valence electrons. The molecular formula is C15H20ClN3O2. The fourth-order valence-corrected chi connectivity index (χ4v) is 1.94. The minimum Gasteiger partial charge on any atom is -0.490 e.